The Hall–Kier alpha value is -3.12. The van der Waals surface area contributed by atoms with Crippen molar-refractivity contribution in [1.29, 1.82) is 0 Å². The van der Waals surface area contributed by atoms with Gasteiger partial charge in [0, 0.05) is 12.1 Å². The molecule has 0 saturated carbocycles. The van der Waals surface area contributed by atoms with Gasteiger partial charge < -0.3 is 5.32 Å². The number of benzene rings is 3. The zero-order chi connectivity index (χ0) is 22.4. The Balaban J connectivity index is 1.64. The van der Waals surface area contributed by atoms with Gasteiger partial charge in [-0.05, 0) is 69.0 Å². The van der Waals surface area contributed by atoms with E-state index < -0.39 is 10.0 Å². The fraction of sp³-hybridized carbons (Fsp3) is 0.240. The third-order valence-electron chi connectivity index (χ3n) is 5.16. The number of rotatable bonds is 8. The molecule has 0 atom stereocenters. The Kier molecular flexibility index (Phi) is 7.13. The highest BCUT2D eigenvalue weighted by Gasteiger charge is 2.18. The highest BCUT2D eigenvalue weighted by Crippen LogP contribution is 2.23. The van der Waals surface area contributed by atoms with Crippen molar-refractivity contribution in [2.24, 2.45) is 0 Å². The van der Waals surface area contributed by atoms with Gasteiger partial charge in [-0.1, -0.05) is 53.6 Å². The van der Waals surface area contributed by atoms with Crippen molar-refractivity contribution in [1.82, 2.24) is 5.32 Å². The van der Waals surface area contributed by atoms with E-state index in [2.05, 4.69) is 35.2 Å². The molecule has 0 fully saturated rings. The first-order chi connectivity index (χ1) is 14.8. The first kappa shape index (κ1) is 22.6. The van der Waals surface area contributed by atoms with E-state index in [1.165, 1.54) is 11.1 Å². The molecule has 3 rings (SSSR count). The summed E-state index contributed by atoms with van der Waals surface area (Å²) in [4.78, 5) is 12.9. The number of carbonyl (C=O) groups is 1. The monoisotopic (exact) mass is 436 g/mol. The molecular weight excluding hydrogens is 408 g/mol. The second kappa shape index (κ2) is 9.79. The Morgan fingerprint density at radius 1 is 0.871 bits per heavy atom. The minimum Gasteiger partial charge on any atom is -0.352 e. The van der Waals surface area contributed by atoms with Crippen molar-refractivity contribution in [3.63, 3.8) is 0 Å². The van der Waals surface area contributed by atoms with E-state index in [1.54, 1.807) is 49.4 Å². The third kappa shape index (κ3) is 5.95. The predicted octanol–water partition coefficient (Wildman–Crippen LogP) is 4.78. The lowest BCUT2D eigenvalue weighted by atomic mass is 10.1. The molecule has 3 aromatic rings. The first-order valence-electron chi connectivity index (χ1n) is 10.3. The van der Waals surface area contributed by atoms with Gasteiger partial charge in [0.1, 0.15) is 0 Å². The zero-order valence-electron chi connectivity index (χ0n) is 18.1. The van der Waals surface area contributed by atoms with Crippen LogP contribution in [0.15, 0.2) is 71.6 Å². The maximum atomic E-state index is 12.7. The van der Waals surface area contributed by atoms with Crippen LogP contribution < -0.4 is 10.0 Å². The summed E-state index contributed by atoms with van der Waals surface area (Å²) < 4.78 is 28.0. The van der Waals surface area contributed by atoms with E-state index in [1.807, 2.05) is 13.0 Å². The van der Waals surface area contributed by atoms with Crippen molar-refractivity contribution in [3.05, 3.63) is 94.5 Å². The average molecular weight is 437 g/mol. The molecule has 0 unspecified atom stereocenters. The molecule has 0 saturated heterocycles. The SMILES string of the molecule is Cc1ccc(S(=O)(=O)Nc2cccc(C(=O)NCCCc3cccc(C)c3)c2C)cc1. The molecule has 6 heteroatoms. The summed E-state index contributed by atoms with van der Waals surface area (Å²) in [5.41, 5.74) is 4.90. The molecule has 0 heterocycles. The lowest BCUT2D eigenvalue weighted by Crippen LogP contribution is -2.26. The Bertz CT molecular complexity index is 1170. The van der Waals surface area contributed by atoms with Crippen molar-refractivity contribution in [2.75, 3.05) is 11.3 Å². The molecule has 1 amide bonds. The lowest BCUT2D eigenvalue weighted by Gasteiger charge is -2.14. The molecule has 0 radical (unpaired) electrons. The maximum absolute atomic E-state index is 12.7. The lowest BCUT2D eigenvalue weighted by molar-refractivity contribution is 0.0952. The second-order valence-corrected chi connectivity index (χ2v) is 9.43. The van der Waals surface area contributed by atoms with Gasteiger partial charge in [-0.3, -0.25) is 9.52 Å². The molecule has 162 valence electrons. The Morgan fingerprint density at radius 3 is 2.29 bits per heavy atom. The number of nitrogens with one attached hydrogen (secondary N) is 2. The van der Waals surface area contributed by atoms with E-state index in [0.29, 0.717) is 23.4 Å². The largest absolute Gasteiger partial charge is 0.352 e. The van der Waals surface area contributed by atoms with Crippen molar-refractivity contribution >= 4 is 21.6 Å². The summed E-state index contributed by atoms with van der Waals surface area (Å²) in [6.45, 7) is 6.26. The van der Waals surface area contributed by atoms with Crippen LogP contribution in [0.5, 0.6) is 0 Å². The van der Waals surface area contributed by atoms with E-state index in [4.69, 9.17) is 0 Å². The Morgan fingerprint density at radius 2 is 1.58 bits per heavy atom. The highest BCUT2D eigenvalue weighted by atomic mass is 32.2. The van der Waals surface area contributed by atoms with Crippen molar-refractivity contribution < 1.29 is 13.2 Å². The van der Waals surface area contributed by atoms with Gasteiger partial charge in [-0.15, -0.1) is 0 Å². The fourth-order valence-electron chi connectivity index (χ4n) is 3.37. The van der Waals surface area contributed by atoms with Crippen LogP contribution in [0.3, 0.4) is 0 Å². The summed E-state index contributed by atoms with van der Waals surface area (Å²) in [7, 11) is -3.73. The number of anilines is 1. The van der Waals surface area contributed by atoms with Crippen LogP contribution in [-0.2, 0) is 16.4 Å². The number of hydrogen-bond acceptors (Lipinski definition) is 3. The van der Waals surface area contributed by atoms with Crippen LogP contribution in [0.2, 0.25) is 0 Å². The molecule has 0 aliphatic carbocycles. The zero-order valence-corrected chi connectivity index (χ0v) is 18.9. The van der Waals surface area contributed by atoms with E-state index in [9.17, 15) is 13.2 Å². The second-order valence-electron chi connectivity index (χ2n) is 7.75. The van der Waals surface area contributed by atoms with E-state index in [-0.39, 0.29) is 10.8 Å². The number of amides is 1. The van der Waals surface area contributed by atoms with Crippen LogP contribution in [0.4, 0.5) is 5.69 Å². The molecule has 3 aromatic carbocycles. The summed E-state index contributed by atoms with van der Waals surface area (Å²) in [6.07, 6.45) is 1.71. The minimum atomic E-state index is -3.73. The molecule has 0 aliphatic heterocycles. The predicted molar refractivity (Wildman–Crippen MR) is 125 cm³/mol. The van der Waals surface area contributed by atoms with E-state index in [0.717, 1.165) is 18.4 Å². The normalized spacial score (nSPS) is 11.2. The smallest absolute Gasteiger partial charge is 0.261 e. The number of aryl methyl sites for hydroxylation is 3. The highest BCUT2D eigenvalue weighted by molar-refractivity contribution is 7.92. The van der Waals surface area contributed by atoms with Gasteiger partial charge in [-0.25, -0.2) is 8.42 Å². The van der Waals surface area contributed by atoms with Crippen molar-refractivity contribution in [2.45, 2.75) is 38.5 Å². The van der Waals surface area contributed by atoms with Gasteiger partial charge in [-0.2, -0.15) is 0 Å². The third-order valence-corrected chi connectivity index (χ3v) is 6.55. The van der Waals surface area contributed by atoms with Gasteiger partial charge >= 0.3 is 0 Å². The molecule has 0 bridgehead atoms. The Labute approximate surface area is 184 Å². The van der Waals surface area contributed by atoms with Crippen molar-refractivity contribution in [3.8, 4) is 0 Å². The minimum absolute atomic E-state index is 0.184. The van der Waals surface area contributed by atoms with Gasteiger partial charge in [0.25, 0.3) is 15.9 Å². The molecule has 2 N–H and O–H groups in total. The average Bonchev–Trinajstić information content (AvgIpc) is 2.73. The number of carbonyl (C=O) groups excluding carboxylic acids is 1. The molecule has 5 nitrogen and oxygen atoms in total. The van der Waals surface area contributed by atoms with Crippen LogP contribution in [0.1, 0.15) is 39.0 Å². The first-order valence-corrected chi connectivity index (χ1v) is 11.8. The molecule has 0 aliphatic rings. The summed E-state index contributed by atoms with van der Waals surface area (Å²) in [5.74, 6) is -0.210. The summed E-state index contributed by atoms with van der Waals surface area (Å²) in [6, 6.07) is 20.0. The van der Waals surface area contributed by atoms with Crippen LogP contribution in [0, 0.1) is 20.8 Å². The maximum Gasteiger partial charge on any atom is 0.261 e. The number of sulfonamides is 1. The van der Waals surface area contributed by atoms with Crippen LogP contribution in [0.25, 0.3) is 0 Å². The van der Waals surface area contributed by atoms with Crippen LogP contribution >= 0.6 is 0 Å². The van der Waals surface area contributed by atoms with E-state index >= 15 is 0 Å². The quantitative estimate of drug-likeness (QED) is 0.499. The molecule has 0 spiro atoms. The van der Waals surface area contributed by atoms with Gasteiger partial charge in [0.2, 0.25) is 0 Å². The fourth-order valence-corrected chi connectivity index (χ4v) is 4.49. The molecular formula is C25H28N2O3S. The van der Waals surface area contributed by atoms with Crippen LogP contribution in [-0.4, -0.2) is 20.9 Å². The standard InChI is InChI=1S/C25H28N2O3S/c1-18-12-14-22(15-13-18)31(29,30)27-24-11-5-10-23(20(24)3)25(28)26-16-6-9-21-8-4-7-19(2)17-21/h4-5,7-8,10-15,17,27H,6,9,16H2,1-3H3,(H,26,28). The summed E-state index contributed by atoms with van der Waals surface area (Å²) >= 11 is 0. The topological polar surface area (TPSA) is 75.3 Å². The number of hydrogen-bond donors (Lipinski definition) is 2. The molecule has 0 aromatic heterocycles. The van der Waals surface area contributed by atoms with Gasteiger partial charge in [0.15, 0.2) is 0 Å². The van der Waals surface area contributed by atoms with Gasteiger partial charge in [0.05, 0.1) is 10.6 Å². The summed E-state index contributed by atoms with van der Waals surface area (Å²) in [5, 5.41) is 2.94. The molecule has 31 heavy (non-hydrogen) atoms.